The standard InChI is InChI=1S/C17H21N3O5/c1-3-9-18-14-11-7-5-6-8-12(11)25-16(22)15(14)20-17(23)19-10-13(21)24-4-2/h5-8,18H,3-4,9-10H2,1-2H3,(H2,19,20,23). The van der Waals surface area contributed by atoms with Crippen LogP contribution >= 0.6 is 0 Å². The number of benzene rings is 1. The van der Waals surface area contributed by atoms with Crippen molar-refractivity contribution in [1.29, 1.82) is 0 Å². The van der Waals surface area contributed by atoms with E-state index in [1.54, 1.807) is 25.1 Å². The first-order chi connectivity index (χ1) is 12.1. The fraction of sp³-hybridized carbons (Fsp3) is 0.353. The maximum atomic E-state index is 12.3. The molecule has 0 spiro atoms. The quantitative estimate of drug-likeness (QED) is 0.524. The van der Waals surface area contributed by atoms with Crippen molar-refractivity contribution in [2.24, 2.45) is 0 Å². The van der Waals surface area contributed by atoms with E-state index in [0.29, 0.717) is 23.2 Å². The van der Waals surface area contributed by atoms with E-state index in [1.807, 2.05) is 13.0 Å². The van der Waals surface area contributed by atoms with E-state index in [1.165, 1.54) is 0 Å². The Hall–Kier alpha value is -3.03. The highest BCUT2D eigenvalue weighted by Gasteiger charge is 2.17. The number of fused-ring (bicyclic) bond motifs is 1. The number of urea groups is 1. The summed E-state index contributed by atoms with van der Waals surface area (Å²) in [6.07, 6.45) is 0.836. The van der Waals surface area contributed by atoms with Gasteiger partial charge in [0.15, 0.2) is 5.69 Å². The minimum Gasteiger partial charge on any atom is -0.465 e. The molecule has 1 aromatic heterocycles. The minimum absolute atomic E-state index is 0.00601. The molecule has 2 rings (SSSR count). The zero-order valence-electron chi connectivity index (χ0n) is 14.2. The first kappa shape index (κ1) is 18.3. The van der Waals surface area contributed by atoms with Gasteiger partial charge in [0.25, 0.3) is 0 Å². The van der Waals surface area contributed by atoms with Crippen molar-refractivity contribution in [2.75, 3.05) is 30.3 Å². The number of anilines is 2. The molecule has 3 N–H and O–H groups in total. The van der Waals surface area contributed by atoms with Gasteiger partial charge in [-0.15, -0.1) is 0 Å². The SMILES string of the molecule is CCCNc1c(NC(=O)NCC(=O)OCC)c(=O)oc2ccccc12. The summed E-state index contributed by atoms with van der Waals surface area (Å²) in [7, 11) is 0. The number of amides is 2. The van der Waals surface area contributed by atoms with Crippen molar-refractivity contribution in [2.45, 2.75) is 20.3 Å². The Labute approximate surface area is 144 Å². The second-order valence-electron chi connectivity index (χ2n) is 5.18. The Morgan fingerprint density at radius 2 is 1.92 bits per heavy atom. The highest BCUT2D eigenvalue weighted by Crippen LogP contribution is 2.28. The Morgan fingerprint density at radius 1 is 1.16 bits per heavy atom. The van der Waals surface area contributed by atoms with Gasteiger partial charge < -0.3 is 19.8 Å². The third-order valence-electron chi connectivity index (χ3n) is 3.30. The van der Waals surface area contributed by atoms with Gasteiger partial charge >= 0.3 is 17.6 Å². The number of hydrogen-bond donors (Lipinski definition) is 3. The third-order valence-corrected chi connectivity index (χ3v) is 3.30. The molecule has 0 aliphatic rings. The second-order valence-corrected chi connectivity index (χ2v) is 5.18. The van der Waals surface area contributed by atoms with E-state index in [9.17, 15) is 14.4 Å². The number of carbonyl (C=O) groups excluding carboxylic acids is 2. The lowest BCUT2D eigenvalue weighted by Crippen LogP contribution is -2.35. The molecule has 0 aliphatic heterocycles. The largest absolute Gasteiger partial charge is 0.465 e. The van der Waals surface area contributed by atoms with Crippen LogP contribution in [0.2, 0.25) is 0 Å². The monoisotopic (exact) mass is 347 g/mol. The predicted molar refractivity (Wildman–Crippen MR) is 94.9 cm³/mol. The first-order valence-electron chi connectivity index (χ1n) is 8.07. The normalized spacial score (nSPS) is 10.3. The lowest BCUT2D eigenvalue weighted by molar-refractivity contribution is -0.141. The summed E-state index contributed by atoms with van der Waals surface area (Å²) in [6.45, 7) is 4.20. The van der Waals surface area contributed by atoms with Crippen LogP contribution in [-0.2, 0) is 9.53 Å². The van der Waals surface area contributed by atoms with Crippen LogP contribution in [0.5, 0.6) is 0 Å². The van der Waals surface area contributed by atoms with Crippen molar-refractivity contribution in [3.63, 3.8) is 0 Å². The molecule has 1 aromatic carbocycles. The van der Waals surface area contributed by atoms with Crippen LogP contribution in [0.4, 0.5) is 16.2 Å². The summed E-state index contributed by atoms with van der Waals surface area (Å²) >= 11 is 0. The molecule has 0 radical (unpaired) electrons. The number of nitrogens with one attached hydrogen (secondary N) is 3. The lowest BCUT2D eigenvalue weighted by atomic mass is 10.2. The molecule has 0 aliphatic carbocycles. The molecular formula is C17H21N3O5. The Balaban J connectivity index is 2.26. The number of esters is 1. The van der Waals surface area contributed by atoms with Gasteiger partial charge in [-0.3, -0.25) is 10.1 Å². The number of carbonyl (C=O) groups is 2. The van der Waals surface area contributed by atoms with E-state index in [2.05, 4.69) is 16.0 Å². The molecule has 0 fully saturated rings. The molecule has 2 aromatic rings. The Kier molecular flexibility index (Phi) is 6.39. The van der Waals surface area contributed by atoms with Crippen LogP contribution in [0.15, 0.2) is 33.5 Å². The number of hydrogen-bond acceptors (Lipinski definition) is 6. The number of ether oxygens (including phenoxy) is 1. The van der Waals surface area contributed by atoms with Gasteiger partial charge in [0.2, 0.25) is 0 Å². The van der Waals surface area contributed by atoms with Crippen LogP contribution < -0.4 is 21.6 Å². The Morgan fingerprint density at radius 3 is 2.64 bits per heavy atom. The number of para-hydroxylation sites is 1. The van der Waals surface area contributed by atoms with Gasteiger partial charge in [0.1, 0.15) is 12.1 Å². The second kappa shape index (κ2) is 8.72. The molecule has 0 atom stereocenters. The molecule has 25 heavy (non-hydrogen) atoms. The molecule has 2 amide bonds. The van der Waals surface area contributed by atoms with Gasteiger partial charge in [-0.1, -0.05) is 19.1 Å². The summed E-state index contributed by atoms with van der Waals surface area (Å²) in [4.78, 5) is 35.5. The van der Waals surface area contributed by atoms with Crippen molar-refractivity contribution in [1.82, 2.24) is 5.32 Å². The van der Waals surface area contributed by atoms with Crippen LogP contribution in [0.1, 0.15) is 20.3 Å². The fourth-order valence-electron chi connectivity index (χ4n) is 2.22. The highest BCUT2D eigenvalue weighted by molar-refractivity contribution is 6.02. The van der Waals surface area contributed by atoms with Crippen molar-refractivity contribution in [3.05, 3.63) is 34.7 Å². The average Bonchev–Trinajstić information content (AvgIpc) is 2.60. The molecule has 0 bridgehead atoms. The minimum atomic E-state index is -0.699. The first-order valence-corrected chi connectivity index (χ1v) is 8.07. The van der Waals surface area contributed by atoms with Gasteiger partial charge in [-0.05, 0) is 25.5 Å². The van der Waals surface area contributed by atoms with Crippen molar-refractivity contribution in [3.8, 4) is 0 Å². The highest BCUT2D eigenvalue weighted by atomic mass is 16.5. The number of rotatable bonds is 7. The molecule has 0 saturated heterocycles. The van der Waals surface area contributed by atoms with E-state index in [0.717, 1.165) is 6.42 Å². The predicted octanol–water partition coefficient (Wildman–Crippen LogP) is 2.30. The van der Waals surface area contributed by atoms with Crippen molar-refractivity contribution < 1.29 is 18.7 Å². The molecule has 0 saturated carbocycles. The smallest absolute Gasteiger partial charge is 0.362 e. The molecule has 1 heterocycles. The summed E-state index contributed by atoms with van der Waals surface area (Å²) in [6, 6.07) is 6.34. The maximum absolute atomic E-state index is 12.3. The summed E-state index contributed by atoms with van der Waals surface area (Å²) in [5, 5.41) is 8.61. The van der Waals surface area contributed by atoms with E-state index >= 15 is 0 Å². The van der Waals surface area contributed by atoms with Crippen LogP contribution in [0, 0.1) is 0 Å². The third kappa shape index (κ3) is 4.72. The zero-order valence-corrected chi connectivity index (χ0v) is 14.2. The summed E-state index contributed by atoms with van der Waals surface area (Å²) < 4.78 is 9.98. The van der Waals surface area contributed by atoms with E-state index < -0.39 is 17.6 Å². The maximum Gasteiger partial charge on any atom is 0.362 e. The summed E-state index contributed by atoms with van der Waals surface area (Å²) in [5.41, 5.74) is 0.223. The lowest BCUT2D eigenvalue weighted by Gasteiger charge is -2.14. The summed E-state index contributed by atoms with van der Waals surface area (Å²) in [5.74, 6) is -0.562. The zero-order chi connectivity index (χ0) is 18.2. The van der Waals surface area contributed by atoms with Gasteiger partial charge in [-0.2, -0.15) is 0 Å². The van der Waals surface area contributed by atoms with Gasteiger partial charge in [0, 0.05) is 11.9 Å². The molecule has 8 heteroatoms. The van der Waals surface area contributed by atoms with E-state index in [4.69, 9.17) is 9.15 Å². The molecule has 8 nitrogen and oxygen atoms in total. The van der Waals surface area contributed by atoms with Gasteiger partial charge in [0.05, 0.1) is 12.3 Å². The molecular weight excluding hydrogens is 326 g/mol. The van der Waals surface area contributed by atoms with Crippen LogP contribution in [-0.4, -0.2) is 31.7 Å². The van der Waals surface area contributed by atoms with Crippen molar-refractivity contribution >= 4 is 34.3 Å². The Bertz CT molecular complexity index is 816. The topological polar surface area (TPSA) is 110 Å². The average molecular weight is 347 g/mol. The van der Waals surface area contributed by atoms with Gasteiger partial charge in [-0.25, -0.2) is 9.59 Å². The van der Waals surface area contributed by atoms with E-state index in [-0.39, 0.29) is 18.8 Å². The fourth-order valence-corrected chi connectivity index (χ4v) is 2.22. The molecule has 134 valence electrons. The van der Waals surface area contributed by atoms with Crippen LogP contribution in [0.25, 0.3) is 11.0 Å². The molecule has 0 unspecified atom stereocenters. The van der Waals surface area contributed by atoms with Crippen LogP contribution in [0.3, 0.4) is 0 Å².